The van der Waals surface area contributed by atoms with Gasteiger partial charge in [0.25, 0.3) is 0 Å². The molecule has 0 atom stereocenters. The predicted molar refractivity (Wildman–Crippen MR) is 46.0 cm³/mol. The SMILES string of the molecule is O=S(=O)(OCc1c(F)c(F)c(F)c(F)c1F)C(F)(F)F. The summed E-state index contributed by atoms with van der Waals surface area (Å²) in [6.45, 7) is -2.01. The number of benzene rings is 1. The molecule has 0 N–H and O–H groups in total. The first kappa shape index (κ1) is 16.6. The zero-order chi connectivity index (χ0) is 15.9. The molecule has 3 nitrogen and oxygen atoms in total. The third kappa shape index (κ3) is 2.85. The fourth-order valence-corrected chi connectivity index (χ4v) is 1.39. The quantitative estimate of drug-likeness (QED) is 0.281. The zero-order valence-corrected chi connectivity index (χ0v) is 9.68. The van der Waals surface area contributed by atoms with Crippen molar-refractivity contribution in [2.24, 2.45) is 0 Å². The Kier molecular flexibility index (Phi) is 4.29. The number of hydrogen-bond acceptors (Lipinski definition) is 3. The first-order valence-electron chi connectivity index (χ1n) is 4.36. The summed E-state index contributed by atoms with van der Waals surface area (Å²) < 4.78 is 124. The van der Waals surface area contributed by atoms with Crippen LogP contribution < -0.4 is 0 Å². The largest absolute Gasteiger partial charge is 0.523 e. The second-order valence-electron chi connectivity index (χ2n) is 3.21. The highest BCUT2D eigenvalue weighted by Crippen LogP contribution is 2.28. The van der Waals surface area contributed by atoms with Crippen molar-refractivity contribution in [3.63, 3.8) is 0 Å². The molecule has 1 aromatic carbocycles. The Morgan fingerprint density at radius 1 is 0.800 bits per heavy atom. The van der Waals surface area contributed by atoms with E-state index >= 15 is 0 Å². The molecule has 0 fully saturated rings. The Balaban J connectivity index is 3.19. The lowest BCUT2D eigenvalue weighted by Gasteiger charge is -2.10. The Morgan fingerprint density at radius 2 is 1.15 bits per heavy atom. The first-order chi connectivity index (χ1) is 8.90. The zero-order valence-electron chi connectivity index (χ0n) is 8.86. The van der Waals surface area contributed by atoms with Crippen molar-refractivity contribution >= 4 is 10.1 Å². The average Bonchev–Trinajstić information content (AvgIpc) is 2.32. The van der Waals surface area contributed by atoms with E-state index in [1.807, 2.05) is 0 Å². The van der Waals surface area contributed by atoms with Gasteiger partial charge in [-0.05, 0) is 0 Å². The monoisotopic (exact) mass is 330 g/mol. The molecular formula is C8H2F8O3S. The van der Waals surface area contributed by atoms with Gasteiger partial charge in [-0.3, -0.25) is 4.18 Å². The molecular weight excluding hydrogens is 328 g/mol. The molecule has 0 saturated heterocycles. The van der Waals surface area contributed by atoms with E-state index in [9.17, 15) is 43.5 Å². The van der Waals surface area contributed by atoms with Gasteiger partial charge in [-0.1, -0.05) is 0 Å². The van der Waals surface area contributed by atoms with Crippen molar-refractivity contribution in [2.75, 3.05) is 0 Å². The summed E-state index contributed by atoms with van der Waals surface area (Å²) >= 11 is 0. The van der Waals surface area contributed by atoms with Crippen LogP contribution in [0.1, 0.15) is 5.56 Å². The van der Waals surface area contributed by atoms with Crippen LogP contribution in [0.5, 0.6) is 0 Å². The molecule has 0 unspecified atom stereocenters. The van der Waals surface area contributed by atoms with E-state index in [2.05, 4.69) is 4.18 Å². The topological polar surface area (TPSA) is 43.4 Å². The lowest BCUT2D eigenvalue weighted by atomic mass is 10.2. The van der Waals surface area contributed by atoms with Crippen molar-refractivity contribution in [3.05, 3.63) is 34.6 Å². The van der Waals surface area contributed by atoms with Crippen LogP contribution in [0.3, 0.4) is 0 Å². The van der Waals surface area contributed by atoms with Gasteiger partial charge in [0.15, 0.2) is 23.3 Å². The molecule has 0 aliphatic rings. The minimum Gasteiger partial charge on any atom is -0.258 e. The van der Waals surface area contributed by atoms with Crippen LogP contribution in [0.2, 0.25) is 0 Å². The smallest absolute Gasteiger partial charge is 0.258 e. The highest BCUT2D eigenvalue weighted by molar-refractivity contribution is 7.87. The van der Waals surface area contributed by atoms with Crippen molar-refractivity contribution in [3.8, 4) is 0 Å². The van der Waals surface area contributed by atoms with Gasteiger partial charge in [-0.15, -0.1) is 0 Å². The standard InChI is InChI=1S/C8H2F8O3S/c9-3-2(1-19-20(17,18)8(14,15)16)4(10)6(12)7(13)5(3)11/h1H2. The van der Waals surface area contributed by atoms with Crippen LogP contribution in [0.4, 0.5) is 35.1 Å². The van der Waals surface area contributed by atoms with E-state index in [1.54, 1.807) is 0 Å². The molecule has 1 rings (SSSR count). The molecule has 0 amide bonds. The van der Waals surface area contributed by atoms with Crippen LogP contribution in [0.15, 0.2) is 0 Å². The second-order valence-corrected chi connectivity index (χ2v) is 4.82. The lowest BCUT2D eigenvalue weighted by molar-refractivity contribution is -0.0549. The van der Waals surface area contributed by atoms with Gasteiger partial charge < -0.3 is 0 Å². The van der Waals surface area contributed by atoms with E-state index in [-0.39, 0.29) is 0 Å². The molecule has 114 valence electrons. The molecule has 0 aliphatic heterocycles. The summed E-state index contributed by atoms with van der Waals surface area (Å²) in [6, 6.07) is 0. The van der Waals surface area contributed by atoms with Gasteiger partial charge in [-0.2, -0.15) is 21.6 Å². The van der Waals surface area contributed by atoms with Crippen LogP contribution in [-0.4, -0.2) is 13.9 Å². The van der Waals surface area contributed by atoms with E-state index in [4.69, 9.17) is 0 Å². The van der Waals surface area contributed by atoms with Crippen LogP contribution in [0.25, 0.3) is 0 Å². The normalized spacial score (nSPS) is 12.8. The van der Waals surface area contributed by atoms with Gasteiger partial charge in [-0.25, -0.2) is 22.0 Å². The molecule has 12 heteroatoms. The Hall–Kier alpha value is -1.43. The summed E-state index contributed by atoms with van der Waals surface area (Å²) in [5.74, 6) is -12.4. The molecule has 0 aromatic heterocycles. The number of hydrogen-bond donors (Lipinski definition) is 0. The molecule has 0 spiro atoms. The number of alkyl halides is 3. The third-order valence-electron chi connectivity index (χ3n) is 1.94. The van der Waals surface area contributed by atoms with Gasteiger partial charge in [0, 0.05) is 0 Å². The second kappa shape index (κ2) is 5.16. The summed E-state index contributed by atoms with van der Waals surface area (Å²) in [6.07, 6.45) is 0. The van der Waals surface area contributed by atoms with Gasteiger partial charge in [0.1, 0.15) is 0 Å². The van der Waals surface area contributed by atoms with Gasteiger partial charge in [0.2, 0.25) is 5.82 Å². The van der Waals surface area contributed by atoms with Crippen molar-refractivity contribution in [1.82, 2.24) is 0 Å². The highest BCUT2D eigenvalue weighted by Gasteiger charge is 2.47. The molecule has 1 aromatic rings. The molecule has 20 heavy (non-hydrogen) atoms. The maximum Gasteiger partial charge on any atom is 0.523 e. The summed E-state index contributed by atoms with van der Waals surface area (Å²) in [4.78, 5) is 0. The molecule has 0 heterocycles. The Morgan fingerprint density at radius 3 is 1.50 bits per heavy atom. The van der Waals surface area contributed by atoms with Crippen molar-refractivity contribution in [2.45, 2.75) is 12.1 Å². The van der Waals surface area contributed by atoms with E-state index in [1.165, 1.54) is 0 Å². The first-order valence-corrected chi connectivity index (χ1v) is 5.77. The van der Waals surface area contributed by atoms with Gasteiger partial charge in [0.05, 0.1) is 12.2 Å². The average molecular weight is 330 g/mol. The Labute approximate surface area is 105 Å². The van der Waals surface area contributed by atoms with Crippen LogP contribution in [0, 0.1) is 29.1 Å². The minimum atomic E-state index is -6.24. The fourth-order valence-electron chi connectivity index (χ4n) is 0.980. The van der Waals surface area contributed by atoms with Crippen LogP contribution >= 0.6 is 0 Å². The minimum absolute atomic E-state index is 1.84. The van der Waals surface area contributed by atoms with E-state index in [0.717, 1.165) is 0 Å². The molecule has 0 radical (unpaired) electrons. The lowest BCUT2D eigenvalue weighted by Crippen LogP contribution is -2.26. The number of rotatable bonds is 3. The highest BCUT2D eigenvalue weighted by atomic mass is 32.2. The molecule has 0 saturated carbocycles. The summed E-state index contributed by atoms with van der Waals surface area (Å²) in [5, 5.41) is 0. The maximum atomic E-state index is 13.0. The fraction of sp³-hybridized carbons (Fsp3) is 0.250. The summed E-state index contributed by atoms with van der Waals surface area (Å²) in [7, 11) is -6.24. The summed E-state index contributed by atoms with van der Waals surface area (Å²) in [5.41, 5.74) is -7.74. The Bertz CT molecular complexity index is 607. The molecule has 0 bridgehead atoms. The van der Waals surface area contributed by atoms with Crippen molar-refractivity contribution in [1.29, 1.82) is 0 Å². The van der Waals surface area contributed by atoms with Gasteiger partial charge >= 0.3 is 15.6 Å². The van der Waals surface area contributed by atoms with Crippen molar-refractivity contribution < 1.29 is 47.7 Å². The number of halogens is 8. The molecule has 0 aliphatic carbocycles. The van der Waals surface area contributed by atoms with E-state index < -0.39 is 56.9 Å². The predicted octanol–water partition coefficient (Wildman–Crippen LogP) is 2.75. The third-order valence-corrected chi connectivity index (χ3v) is 2.94. The van der Waals surface area contributed by atoms with E-state index in [0.29, 0.717) is 0 Å². The van der Waals surface area contributed by atoms with Crippen LogP contribution in [-0.2, 0) is 20.9 Å². The maximum absolute atomic E-state index is 13.0.